The standard InChI is InChI=1S/C9H14N2O/c1-7-4-8-5-12-9(2,3)6-11(8)10-7/h4H,5-6H2,1-3H3. The topological polar surface area (TPSA) is 27.1 Å². The molecule has 0 amide bonds. The summed E-state index contributed by atoms with van der Waals surface area (Å²) in [7, 11) is 0. The Morgan fingerprint density at radius 3 is 3.08 bits per heavy atom. The molecule has 1 aliphatic heterocycles. The minimum atomic E-state index is -0.0640. The molecule has 3 heteroatoms. The number of hydrogen-bond acceptors (Lipinski definition) is 2. The van der Waals surface area contributed by atoms with Crippen LogP contribution in [0.3, 0.4) is 0 Å². The Bertz CT molecular complexity index is 301. The Kier molecular flexibility index (Phi) is 1.51. The van der Waals surface area contributed by atoms with Gasteiger partial charge in [-0.25, -0.2) is 0 Å². The molecule has 2 heterocycles. The van der Waals surface area contributed by atoms with E-state index >= 15 is 0 Å². The lowest BCUT2D eigenvalue weighted by atomic mass is 10.1. The Morgan fingerprint density at radius 2 is 2.33 bits per heavy atom. The maximum absolute atomic E-state index is 5.64. The van der Waals surface area contributed by atoms with Crippen LogP contribution in [0.1, 0.15) is 25.2 Å². The van der Waals surface area contributed by atoms with Gasteiger partial charge < -0.3 is 4.74 Å². The minimum absolute atomic E-state index is 0.0640. The number of nitrogens with zero attached hydrogens (tertiary/aromatic N) is 2. The van der Waals surface area contributed by atoms with Crippen molar-refractivity contribution >= 4 is 0 Å². The van der Waals surface area contributed by atoms with E-state index in [0.717, 1.165) is 12.2 Å². The molecule has 0 saturated carbocycles. The van der Waals surface area contributed by atoms with Crippen LogP contribution in [-0.2, 0) is 17.9 Å². The smallest absolute Gasteiger partial charge is 0.0893 e. The largest absolute Gasteiger partial charge is 0.367 e. The molecule has 0 N–H and O–H groups in total. The summed E-state index contributed by atoms with van der Waals surface area (Å²) in [5.41, 5.74) is 2.20. The molecule has 1 aliphatic rings. The van der Waals surface area contributed by atoms with Crippen molar-refractivity contribution in [3.05, 3.63) is 17.5 Å². The summed E-state index contributed by atoms with van der Waals surface area (Å²) < 4.78 is 7.68. The highest BCUT2D eigenvalue weighted by molar-refractivity contribution is 5.09. The number of ether oxygens (including phenoxy) is 1. The zero-order valence-electron chi connectivity index (χ0n) is 7.79. The Balaban J connectivity index is 2.34. The molecule has 0 radical (unpaired) electrons. The van der Waals surface area contributed by atoms with Crippen LogP contribution in [0.25, 0.3) is 0 Å². The summed E-state index contributed by atoms with van der Waals surface area (Å²) >= 11 is 0. The van der Waals surface area contributed by atoms with Crippen LogP contribution >= 0.6 is 0 Å². The van der Waals surface area contributed by atoms with Gasteiger partial charge in [-0.15, -0.1) is 0 Å². The summed E-state index contributed by atoms with van der Waals surface area (Å²) in [6, 6.07) is 2.08. The monoisotopic (exact) mass is 166 g/mol. The Hall–Kier alpha value is -0.830. The number of aryl methyl sites for hydroxylation is 1. The average Bonchev–Trinajstić information content (AvgIpc) is 2.26. The zero-order chi connectivity index (χ0) is 8.77. The van der Waals surface area contributed by atoms with Gasteiger partial charge >= 0.3 is 0 Å². The van der Waals surface area contributed by atoms with Crippen molar-refractivity contribution in [3.8, 4) is 0 Å². The highest BCUT2D eigenvalue weighted by Gasteiger charge is 2.26. The first-order valence-corrected chi connectivity index (χ1v) is 4.24. The maximum Gasteiger partial charge on any atom is 0.0893 e. The van der Waals surface area contributed by atoms with Crippen LogP contribution < -0.4 is 0 Å². The molecular formula is C9H14N2O. The molecule has 3 nitrogen and oxygen atoms in total. The van der Waals surface area contributed by atoms with Gasteiger partial charge in [0.25, 0.3) is 0 Å². The van der Waals surface area contributed by atoms with Crippen molar-refractivity contribution in [3.63, 3.8) is 0 Å². The van der Waals surface area contributed by atoms with E-state index in [0.29, 0.717) is 6.61 Å². The fraction of sp³-hybridized carbons (Fsp3) is 0.667. The second-order valence-corrected chi connectivity index (χ2v) is 3.98. The van der Waals surface area contributed by atoms with Crippen LogP contribution in [0.4, 0.5) is 0 Å². The van der Waals surface area contributed by atoms with Crippen LogP contribution in [0.15, 0.2) is 6.07 Å². The third-order valence-electron chi connectivity index (χ3n) is 2.13. The molecule has 66 valence electrons. The SMILES string of the molecule is Cc1cc2n(n1)CC(C)(C)OC2. The van der Waals surface area contributed by atoms with Crippen molar-refractivity contribution in [2.24, 2.45) is 0 Å². The molecular weight excluding hydrogens is 152 g/mol. The Labute approximate surface area is 72.3 Å². The lowest BCUT2D eigenvalue weighted by Crippen LogP contribution is -2.36. The second kappa shape index (κ2) is 2.33. The van der Waals surface area contributed by atoms with E-state index in [1.54, 1.807) is 0 Å². The van der Waals surface area contributed by atoms with E-state index in [9.17, 15) is 0 Å². The fourth-order valence-electron chi connectivity index (χ4n) is 1.53. The van der Waals surface area contributed by atoms with Crippen molar-refractivity contribution in [1.82, 2.24) is 9.78 Å². The lowest BCUT2D eigenvalue weighted by Gasteiger charge is -2.30. The van der Waals surface area contributed by atoms with Gasteiger partial charge in [0.2, 0.25) is 0 Å². The van der Waals surface area contributed by atoms with Gasteiger partial charge in [-0.1, -0.05) is 0 Å². The average molecular weight is 166 g/mol. The zero-order valence-corrected chi connectivity index (χ0v) is 7.79. The molecule has 0 aromatic carbocycles. The van der Waals surface area contributed by atoms with E-state index in [1.807, 2.05) is 11.6 Å². The maximum atomic E-state index is 5.64. The number of hydrogen-bond donors (Lipinski definition) is 0. The van der Waals surface area contributed by atoms with Gasteiger partial charge in [-0.3, -0.25) is 4.68 Å². The van der Waals surface area contributed by atoms with Crippen molar-refractivity contribution in [2.45, 2.75) is 39.5 Å². The molecule has 0 unspecified atom stereocenters. The predicted molar refractivity (Wildman–Crippen MR) is 45.8 cm³/mol. The quantitative estimate of drug-likeness (QED) is 0.584. The van der Waals surface area contributed by atoms with E-state index in [4.69, 9.17) is 4.74 Å². The summed E-state index contributed by atoms with van der Waals surface area (Å²) in [6.45, 7) is 7.74. The van der Waals surface area contributed by atoms with Crippen LogP contribution in [-0.4, -0.2) is 15.4 Å². The molecule has 0 fully saturated rings. The van der Waals surface area contributed by atoms with Crippen molar-refractivity contribution < 1.29 is 4.74 Å². The molecule has 0 saturated heterocycles. The molecule has 0 spiro atoms. The molecule has 2 rings (SSSR count). The summed E-state index contributed by atoms with van der Waals surface area (Å²) in [5, 5.41) is 4.38. The van der Waals surface area contributed by atoms with Gasteiger partial charge in [0, 0.05) is 0 Å². The van der Waals surface area contributed by atoms with Gasteiger partial charge in [-0.05, 0) is 26.8 Å². The first-order chi connectivity index (χ1) is 5.57. The third-order valence-corrected chi connectivity index (χ3v) is 2.13. The molecule has 1 aromatic heterocycles. The number of aromatic nitrogens is 2. The van der Waals surface area contributed by atoms with Crippen molar-refractivity contribution in [2.75, 3.05) is 0 Å². The van der Waals surface area contributed by atoms with Gasteiger partial charge in [-0.2, -0.15) is 5.10 Å². The highest BCUT2D eigenvalue weighted by atomic mass is 16.5. The molecule has 12 heavy (non-hydrogen) atoms. The lowest BCUT2D eigenvalue weighted by molar-refractivity contribution is -0.0660. The molecule has 0 aliphatic carbocycles. The predicted octanol–water partition coefficient (Wildman–Crippen LogP) is 1.50. The van der Waals surface area contributed by atoms with Crippen LogP contribution in [0.2, 0.25) is 0 Å². The third kappa shape index (κ3) is 1.25. The summed E-state index contributed by atoms with van der Waals surface area (Å²) in [4.78, 5) is 0. The summed E-state index contributed by atoms with van der Waals surface area (Å²) in [5.74, 6) is 0. The second-order valence-electron chi connectivity index (χ2n) is 3.98. The number of rotatable bonds is 0. The van der Waals surface area contributed by atoms with Crippen LogP contribution in [0, 0.1) is 6.92 Å². The van der Waals surface area contributed by atoms with Gasteiger partial charge in [0.1, 0.15) is 0 Å². The molecule has 0 atom stereocenters. The summed E-state index contributed by atoms with van der Waals surface area (Å²) in [6.07, 6.45) is 0. The molecule has 1 aromatic rings. The Morgan fingerprint density at radius 1 is 1.58 bits per heavy atom. The first kappa shape index (κ1) is 7.80. The highest BCUT2D eigenvalue weighted by Crippen LogP contribution is 2.22. The fourth-order valence-corrected chi connectivity index (χ4v) is 1.53. The minimum Gasteiger partial charge on any atom is -0.367 e. The van der Waals surface area contributed by atoms with E-state index < -0.39 is 0 Å². The van der Waals surface area contributed by atoms with Crippen LogP contribution in [0.5, 0.6) is 0 Å². The van der Waals surface area contributed by atoms with E-state index in [2.05, 4.69) is 25.0 Å². The van der Waals surface area contributed by atoms with Crippen molar-refractivity contribution in [1.29, 1.82) is 0 Å². The molecule has 0 bridgehead atoms. The number of fused-ring (bicyclic) bond motifs is 1. The van der Waals surface area contributed by atoms with Gasteiger partial charge in [0.05, 0.1) is 30.1 Å². The van der Waals surface area contributed by atoms with E-state index in [-0.39, 0.29) is 5.60 Å². The van der Waals surface area contributed by atoms with Gasteiger partial charge in [0.15, 0.2) is 0 Å². The first-order valence-electron chi connectivity index (χ1n) is 4.24. The normalized spacial score (nSPS) is 20.6. The van der Waals surface area contributed by atoms with E-state index in [1.165, 1.54) is 5.69 Å².